The fourth-order valence-corrected chi connectivity index (χ4v) is 3.51. The molecule has 2 nitrogen and oxygen atoms in total. The van der Waals surface area contributed by atoms with E-state index < -0.39 is 0 Å². The molecular formula is C18H19ClN2. The number of halogens is 1. The van der Waals surface area contributed by atoms with Gasteiger partial charge in [-0.1, -0.05) is 48.7 Å². The van der Waals surface area contributed by atoms with Gasteiger partial charge in [0.25, 0.3) is 0 Å². The highest BCUT2D eigenvalue weighted by molar-refractivity contribution is 6.29. The Morgan fingerprint density at radius 3 is 2.24 bits per heavy atom. The predicted molar refractivity (Wildman–Crippen MR) is 85.7 cm³/mol. The Hall–Kier alpha value is -1.41. The molecule has 0 atom stereocenters. The maximum Gasteiger partial charge on any atom is 0.161 e. The molecule has 0 bridgehead atoms. The number of rotatable bonds is 3. The summed E-state index contributed by atoms with van der Waals surface area (Å²) in [6, 6.07) is 10.6. The molecule has 2 fully saturated rings. The monoisotopic (exact) mass is 298 g/mol. The minimum absolute atomic E-state index is 0.563. The molecule has 2 aliphatic rings. The first-order valence-corrected chi connectivity index (χ1v) is 8.32. The second-order valence-corrected chi connectivity index (χ2v) is 6.70. The number of aromatic nitrogens is 2. The lowest BCUT2D eigenvalue weighted by Gasteiger charge is -2.11. The van der Waals surface area contributed by atoms with E-state index in [0.29, 0.717) is 11.1 Å². The van der Waals surface area contributed by atoms with Crippen LogP contribution in [0, 0.1) is 0 Å². The summed E-state index contributed by atoms with van der Waals surface area (Å²) < 4.78 is 0. The van der Waals surface area contributed by atoms with Gasteiger partial charge in [0.1, 0.15) is 5.15 Å². The van der Waals surface area contributed by atoms with E-state index in [9.17, 15) is 0 Å². The summed E-state index contributed by atoms with van der Waals surface area (Å²) in [6.07, 6.45) is 7.73. The van der Waals surface area contributed by atoms with Crippen LogP contribution in [0.3, 0.4) is 0 Å². The zero-order chi connectivity index (χ0) is 14.2. The van der Waals surface area contributed by atoms with Crippen LogP contribution >= 0.6 is 11.6 Å². The zero-order valence-electron chi connectivity index (χ0n) is 12.1. The van der Waals surface area contributed by atoms with Crippen LogP contribution in [0.25, 0.3) is 11.4 Å². The van der Waals surface area contributed by atoms with Gasteiger partial charge in [-0.05, 0) is 43.2 Å². The van der Waals surface area contributed by atoms with E-state index in [1.807, 2.05) is 6.07 Å². The van der Waals surface area contributed by atoms with Crippen molar-refractivity contribution >= 4 is 11.6 Å². The third-order valence-corrected chi connectivity index (χ3v) is 4.90. The number of nitrogens with zero attached hydrogens (tertiary/aromatic N) is 2. The molecule has 3 heteroatoms. The molecule has 0 radical (unpaired) electrons. The van der Waals surface area contributed by atoms with Crippen molar-refractivity contribution in [3.8, 4) is 11.4 Å². The van der Waals surface area contributed by atoms with Crippen molar-refractivity contribution in [2.45, 2.75) is 50.4 Å². The summed E-state index contributed by atoms with van der Waals surface area (Å²) in [5, 5.41) is 0.563. The van der Waals surface area contributed by atoms with Gasteiger partial charge in [-0.15, -0.1) is 0 Å². The number of hydrogen-bond acceptors (Lipinski definition) is 2. The van der Waals surface area contributed by atoms with Crippen LogP contribution in [0.4, 0.5) is 0 Å². The van der Waals surface area contributed by atoms with E-state index in [1.54, 1.807) is 0 Å². The maximum absolute atomic E-state index is 6.22. The Kier molecular flexibility index (Phi) is 3.42. The van der Waals surface area contributed by atoms with Crippen molar-refractivity contribution in [3.05, 3.63) is 46.7 Å². The van der Waals surface area contributed by atoms with Crippen LogP contribution in [0.1, 0.15) is 61.6 Å². The number of benzene rings is 1. The van der Waals surface area contributed by atoms with E-state index in [4.69, 9.17) is 16.6 Å². The van der Waals surface area contributed by atoms with Gasteiger partial charge >= 0.3 is 0 Å². The van der Waals surface area contributed by atoms with Gasteiger partial charge in [0.15, 0.2) is 5.82 Å². The second kappa shape index (κ2) is 5.42. The average molecular weight is 299 g/mol. The van der Waals surface area contributed by atoms with E-state index in [0.717, 1.165) is 23.0 Å². The van der Waals surface area contributed by atoms with Crippen LogP contribution in [0.2, 0.25) is 5.15 Å². The molecule has 0 unspecified atom stereocenters. The van der Waals surface area contributed by atoms with Gasteiger partial charge in [-0.3, -0.25) is 0 Å². The topological polar surface area (TPSA) is 25.8 Å². The molecule has 108 valence electrons. The molecule has 2 aromatic rings. The summed E-state index contributed by atoms with van der Waals surface area (Å²) in [6.45, 7) is 0. The SMILES string of the molecule is Clc1cc(C2CCCC2)nc(-c2ccc(C3CC3)cc2)n1. The van der Waals surface area contributed by atoms with Crippen molar-refractivity contribution in [2.24, 2.45) is 0 Å². The maximum atomic E-state index is 6.22. The van der Waals surface area contributed by atoms with Crippen LogP contribution in [0.15, 0.2) is 30.3 Å². The first kappa shape index (κ1) is 13.3. The first-order chi connectivity index (χ1) is 10.3. The highest BCUT2D eigenvalue weighted by atomic mass is 35.5. The largest absolute Gasteiger partial charge is 0.233 e. The molecule has 0 saturated heterocycles. The normalized spacial score (nSPS) is 19.1. The minimum Gasteiger partial charge on any atom is -0.233 e. The van der Waals surface area contributed by atoms with Crippen LogP contribution in [0.5, 0.6) is 0 Å². The Bertz CT molecular complexity index is 641. The molecule has 0 aliphatic heterocycles. The Labute approximate surface area is 130 Å². The van der Waals surface area contributed by atoms with Gasteiger partial charge in [0, 0.05) is 17.2 Å². The van der Waals surface area contributed by atoms with E-state index in [2.05, 4.69) is 29.2 Å². The first-order valence-electron chi connectivity index (χ1n) is 7.94. The van der Waals surface area contributed by atoms with Crippen molar-refractivity contribution in [1.29, 1.82) is 0 Å². The molecule has 21 heavy (non-hydrogen) atoms. The number of hydrogen-bond donors (Lipinski definition) is 0. The molecule has 0 spiro atoms. The Balaban J connectivity index is 1.66. The second-order valence-electron chi connectivity index (χ2n) is 6.32. The van der Waals surface area contributed by atoms with Crippen molar-refractivity contribution in [3.63, 3.8) is 0 Å². The van der Waals surface area contributed by atoms with Crippen LogP contribution in [-0.4, -0.2) is 9.97 Å². The molecule has 0 amide bonds. The molecule has 4 rings (SSSR count). The summed E-state index contributed by atoms with van der Waals surface area (Å²) in [5.41, 5.74) is 3.63. The van der Waals surface area contributed by atoms with Gasteiger partial charge in [-0.25, -0.2) is 9.97 Å². The third kappa shape index (κ3) is 2.82. The molecule has 2 aliphatic carbocycles. The van der Waals surface area contributed by atoms with Crippen molar-refractivity contribution in [1.82, 2.24) is 9.97 Å². The van der Waals surface area contributed by atoms with Gasteiger partial charge in [0.05, 0.1) is 0 Å². The summed E-state index contributed by atoms with van der Waals surface area (Å²) in [7, 11) is 0. The van der Waals surface area contributed by atoms with Crippen LogP contribution < -0.4 is 0 Å². The third-order valence-electron chi connectivity index (χ3n) is 4.71. The Morgan fingerprint density at radius 2 is 1.57 bits per heavy atom. The summed E-state index contributed by atoms with van der Waals surface area (Å²) in [4.78, 5) is 9.20. The lowest BCUT2D eigenvalue weighted by atomic mass is 10.0. The molecular weight excluding hydrogens is 280 g/mol. The lowest BCUT2D eigenvalue weighted by molar-refractivity contribution is 0.695. The van der Waals surface area contributed by atoms with Crippen LogP contribution in [-0.2, 0) is 0 Å². The van der Waals surface area contributed by atoms with Crippen molar-refractivity contribution in [2.75, 3.05) is 0 Å². The molecule has 1 heterocycles. The zero-order valence-corrected chi connectivity index (χ0v) is 12.8. The lowest BCUT2D eigenvalue weighted by Crippen LogP contribution is -2.00. The Morgan fingerprint density at radius 1 is 0.857 bits per heavy atom. The highest BCUT2D eigenvalue weighted by Gasteiger charge is 2.23. The highest BCUT2D eigenvalue weighted by Crippen LogP contribution is 2.40. The molecule has 1 aromatic carbocycles. The van der Waals surface area contributed by atoms with E-state index in [1.165, 1.54) is 44.1 Å². The van der Waals surface area contributed by atoms with E-state index in [-0.39, 0.29) is 0 Å². The van der Waals surface area contributed by atoms with Gasteiger partial charge < -0.3 is 0 Å². The van der Waals surface area contributed by atoms with Gasteiger partial charge in [-0.2, -0.15) is 0 Å². The quantitative estimate of drug-likeness (QED) is 0.716. The minimum atomic E-state index is 0.563. The van der Waals surface area contributed by atoms with Crippen molar-refractivity contribution < 1.29 is 0 Å². The molecule has 2 saturated carbocycles. The predicted octanol–water partition coefficient (Wildman–Crippen LogP) is 5.33. The summed E-state index contributed by atoms with van der Waals surface area (Å²) in [5.74, 6) is 2.12. The summed E-state index contributed by atoms with van der Waals surface area (Å²) >= 11 is 6.22. The smallest absolute Gasteiger partial charge is 0.161 e. The fraction of sp³-hybridized carbons (Fsp3) is 0.444. The molecule has 1 aromatic heterocycles. The fourth-order valence-electron chi connectivity index (χ4n) is 3.32. The average Bonchev–Trinajstić information content (AvgIpc) is 3.21. The standard InChI is InChI=1S/C18H19ClN2/c19-17-11-16(14-3-1-2-4-14)20-18(21-17)15-9-7-13(8-10-15)12-5-6-12/h7-12,14H,1-6H2. The van der Waals surface area contributed by atoms with Gasteiger partial charge in [0.2, 0.25) is 0 Å². The molecule has 0 N–H and O–H groups in total. The van der Waals surface area contributed by atoms with E-state index >= 15 is 0 Å².